The van der Waals surface area contributed by atoms with Crippen LogP contribution in [0.4, 0.5) is 11.6 Å². The first-order valence-corrected chi connectivity index (χ1v) is 9.79. The second-order valence-electron chi connectivity index (χ2n) is 7.28. The standard InChI is InChI=1S/C20H26N8/c1-4-18-21-10-15(11-22-18)12-28-7-5-6-17(28)16-9-19(24-14(3)23-16)25-20-8-13(2)26-27-20/h8-11,17H,4-7,12H2,1-3H3,(H2,23,24,25,26,27)/t17-/m0/s1. The van der Waals surface area contributed by atoms with Crippen molar-refractivity contribution in [2.45, 2.75) is 52.6 Å². The van der Waals surface area contributed by atoms with E-state index in [2.05, 4.69) is 42.3 Å². The Morgan fingerprint density at radius 1 is 1.14 bits per heavy atom. The molecule has 1 fully saturated rings. The fourth-order valence-electron chi connectivity index (χ4n) is 3.67. The van der Waals surface area contributed by atoms with E-state index in [1.807, 2.05) is 38.4 Å². The van der Waals surface area contributed by atoms with Crippen LogP contribution in [0.1, 0.15) is 54.4 Å². The summed E-state index contributed by atoms with van der Waals surface area (Å²) in [7, 11) is 0. The zero-order chi connectivity index (χ0) is 19.5. The van der Waals surface area contributed by atoms with Crippen LogP contribution < -0.4 is 5.32 Å². The van der Waals surface area contributed by atoms with Gasteiger partial charge in [-0.1, -0.05) is 6.92 Å². The Morgan fingerprint density at radius 2 is 1.96 bits per heavy atom. The van der Waals surface area contributed by atoms with Gasteiger partial charge in [0.2, 0.25) is 0 Å². The molecule has 0 saturated carbocycles. The lowest BCUT2D eigenvalue weighted by Gasteiger charge is -2.24. The van der Waals surface area contributed by atoms with Gasteiger partial charge in [-0.3, -0.25) is 10.00 Å². The Balaban J connectivity index is 1.52. The lowest BCUT2D eigenvalue weighted by molar-refractivity contribution is 0.243. The summed E-state index contributed by atoms with van der Waals surface area (Å²) in [4.78, 5) is 20.6. The van der Waals surface area contributed by atoms with Crippen molar-refractivity contribution >= 4 is 11.6 Å². The van der Waals surface area contributed by atoms with Gasteiger partial charge in [-0.2, -0.15) is 5.10 Å². The van der Waals surface area contributed by atoms with Gasteiger partial charge in [-0.05, 0) is 33.2 Å². The molecule has 3 aromatic rings. The maximum atomic E-state index is 4.73. The van der Waals surface area contributed by atoms with E-state index in [-0.39, 0.29) is 6.04 Å². The second kappa shape index (κ2) is 8.02. The average Bonchev–Trinajstić information content (AvgIpc) is 3.31. The van der Waals surface area contributed by atoms with E-state index >= 15 is 0 Å². The first kappa shape index (κ1) is 18.5. The molecule has 1 saturated heterocycles. The molecule has 0 unspecified atom stereocenters. The number of rotatable bonds is 6. The van der Waals surface area contributed by atoms with E-state index in [9.17, 15) is 0 Å². The van der Waals surface area contributed by atoms with Gasteiger partial charge in [0.15, 0.2) is 5.82 Å². The maximum absolute atomic E-state index is 4.73. The van der Waals surface area contributed by atoms with Crippen LogP contribution in [-0.4, -0.2) is 41.6 Å². The van der Waals surface area contributed by atoms with E-state index < -0.39 is 0 Å². The van der Waals surface area contributed by atoms with Crippen molar-refractivity contribution in [3.05, 3.63) is 53.1 Å². The molecule has 1 atom stereocenters. The molecule has 0 spiro atoms. The van der Waals surface area contributed by atoms with Crippen LogP contribution in [-0.2, 0) is 13.0 Å². The highest BCUT2D eigenvalue weighted by molar-refractivity contribution is 5.52. The molecular formula is C20H26N8. The van der Waals surface area contributed by atoms with Crippen LogP contribution in [0.25, 0.3) is 0 Å². The van der Waals surface area contributed by atoms with Crippen LogP contribution >= 0.6 is 0 Å². The molecule has 0 amide bonds. The molecule has 28 heavy (non-hydrogen) atoms. The van der Waals surface area contributed by atoms with Gasteiger partial charge in [-0.25, -0.2) is 19.9 Å². The molecule has 8 nitrogen and oxygen atoms in total. The predicted molar refractivity (Wildman–Crippen MR) is 107 cm³/mol. The highest BCUT2D eigenvalue weighted by Crippen LogP contribution is 2.33. The summed E-state index contributed by atoms with van der Waals surface area (Å²) in [6, 6.07) is 4.27. The number of aromatic amines is 1. The number of hydrogen-bond acceptors (Lipinski definition) is 7. The number of anilines is 2. The summed E-state index contributed by atoms with van der Waals surface area (Å²) in [5, 5.41) is 10.4. The number of nitrogens with one attached hydrogen (secondary N) is 2. The van der Waals surface area contributed by atoms with Gasteiger partial charge in [0.05, 0.1) is 11.7 Å². The topological polar surface area (TPSA) is 95.5 Å². The molecule has 2 N–H and O–H groups in total. The summed E-state index contributed by atoms with van der Waals surface area (Å²) in [5.41, 5.74) is 3.19. The molecule has 3 aromatic heterocycles. The van der Waals surface area contributed by atoms with Crippen LogP contribution in [0.3, 0.4) is 0 Å². The van der Waals surface area contributed by atoms with Crippen molar-refractivity contribution in [2.75, 3.05) is 11.9 Å². The minimum atomic E-state index is 0.272. The third-order valence-corrected chi connectivity index (χ3v) is 4.99. The summed E-state index contributed by atoms with van der Waals surface area (Å²) in [6.07, 6.45) is 6.99. The third-order valence-electron chi connectivity index (χ3n) is 4.99. The Bertz CT molecular complexity index is 934. The van der Waals surface area contributed by atoms with Crippen LogP contribution in [0.5, 0.6) is 0 Å². The van der Waals surface area contributed by atoms with Crippen LogP contribution in [0, 0.1) is 13.8 Å². The zero-order valence-electron chi connectivity index (χ0n) is 16.6. The minimum Gasteiger partial charge on any atom is -0.323 e. The number of aryl methyl sites for hydroxylation is 3. The molecule has 0 bridgehead atoms. The lowest BCUT2D eigenvalue weighted by atomic mass is 10.1. The normalized spacial score (nSPS) is 17.2. The molecule has 0 aromatic carbocycles. The third kappa shape index (κ3) is 4.17. The van der Waals surface area contributed by atoms with Crippen molar-refractivity contribution in [2.24, 2.45) is 0 Å². The van der Waals surface area contributed by atoms with Crippen LogP contribution in [0.15, 0.2) is 24.5 Å². The summed E-state index contributed by atoms with van der Waals surface area (Å²) < 4.78 is 0. The largest absolute Gasteiger partial charge is 0.323 e. The summed E-state index contributed by atoms with van der Waals surface area (Å²) >= 11 is 0. The Labute approximate surface area is 164 Å². The van der Waals surface area contributed by atoms with E-state index in [1.165, 1.54) is 0 Å². The number of likely N-dealkylation sites (tertiary alicyclic amines) is 1. The summed E-state index contributed by atoms with van der Waals surface area (Å²) in [6.45, 7) is 7.85. The van der Waals surface area contributed by atoms with Crippen LogP contribution in [0.2, 0.25) is 0 Å². The predicted octanol–water partition coefficient (Wildman–Crippen LogP) is 3.25. The fraction of sp³-hybridized carbons (Fsp3) is 0.450. The van der Waals surface area contributed by atoms with Crippen molar-refractivity contribution in [3.63, 3.8) is 0 Å². The van der Waals surface area contributed by atoms with Crippen molar-refractivity contribution in [3.8, 4) is 0 Å². The average molecular weight is 378 g/mol. The second-order valence-corrected chi connectivity index (χ2v) is 7.28. The number of hydrogen-bond donors (Lipinski definition) is 2. The van der Waals surface area contributed by atoms with Crippen molar-refractivity contribution in [1.82, 2.24) is 35.0 Å². The molecule has 1 aliphatic heterocycles. The van der Waals surface area contributed by atoms with Crippen molar-refractivity contribution < 1.29 is 0 Å². The quantitative estimate of drug-likeness (QED) is 0.680. The van der Waals surface area contributed by atoms with Crippen molar-refractivity contribution in [1.29, 1.82) is 0 Å². The molecule has 4 heterocycles. The maximum Gasteiger partial charge on any atom is 0.153 e. The van der Waals surface area contributed by atoms with Gasteiger partial charge in [0.1, 0.15) is 17.5 Å². The summed E-state index contributed by atoms with van der Waals surface area (Å²) in [5.74, 6) is 3.18. The highest BCUT2D eigenvalue weighted by atomic mass is 15.2. The molecule has 0 radical (unpaired) electrons. The monoisotopic (exact) mass is 378 g/mol. The Morgan fingerprint density at radius 3 is 2.68 bits per heavy atom. The van der Waals surface area contributed by atoms with Gasteiger partial charge < -0.3 is 5.32 Å². The first-order valence-electron chi connectivity index (χ1n) is 9.79. The number of aromatic nitrogens is 6. The van der Waals surface area contributed by atoms with E-state index in [4.69, 9.17) is 4.98 Å². The van der Waals surface area contributed by atoms with E-state index in [0.29, 0.717) is 0 Å². The molecular weight excluding hydrogens is 352 g/mol. The highest BCUT2D eigenvalue weighted by Gasteiger charge is 2.28. The van der Waals surface area contributed by atoms with E-state index in [1.54, 1.807) is 0 Å². The van der Waals surface area contributed by atoms with E-state index in [0.717, 1.165) is 72.6 Å². The molecule has 8 heteroatoms. The number of nitrogens with zero attached hydrogens (tertiary/aromatic N) is 6. The van der Waals surface area contributed by atoms with Gasteiger partial charge >= 0.3 is 0 Å². The lowest BCUT2D eigenvalue weighted by Crippen LogP contribution is -2.24. The van der Waals surface area contributed by atoms with Gasteiger partial charge in [0.25, 0.3) is 0 Å². The first-order chi connectivity index (χ1) is 13.6. The SMILES string of the molecule is CCc1ncc(CN2CCC[C@H]2c2cc(Nc3cc(C)[nH]n3)nc(C)n2)cn1. The fourth-order valence-corrected chi connectivity index (χ4v) is 3.67. The molecule has 0 aliphatic carbocycles. The Kier molecular flexibility index (Phi) is 5.29. The van der Waals surface area contributed by atoms with Gasteiger partial charge in [0, 0.05) is 48.7 Å². The smallest absolute Gasteiger partial charge is 0.153 e. The molecule has 146 valence electrons. The van der Waals surface area contributed by atoms with Gasteiger partial charge in [-0.15, -0.1) is 0 Å². The zero-order valence-corrected chi connectivity index (χ0v) is 16.6. The number of H-pyrrole nitrogens is 1. The minimum absolute atomic E-state index is 0.272. The molecule has 4 rings (SSSR count). The Hall–Kier alpha value is -2.87. The molecule has 1 aliphatic rings.